The van der Waals surface area contributed by atoms with Gasteiger partial charge in [-0.1, -0.05) is 37.1 Å². The fraction of sp³-hybridized carbons (Fsp3) is 0.636. The van der Waals surface area contributed by atoms with Crippen LogP contribution < -0.4 is 0 Å². The average molecular weight is 152 g/mol. The maximum Gasteiger partial charge on any atom is -0.0111 e. The van der Waals surface area contributed by atoms with Crippen molar-refractivity contribution in [2.45, 2.75) is 47.0 Å². The maximum absolute atomic E-state index is 3.96. The van der Waals surface area contributed by atoms with Gasteiger partial charge in [0.15, 0.2) is 0 Å². The van der Waals surface area contributed by atoms with E-state index in [0.29, 0.717) is 0 Å². The van der Waals surface area contributed by atoms with Crippen molar-refractivity contribution in [3.8, 4) is 0 Å². The fourth-order valence-corrected chi connectivity index (χ4v) is 1.19. The summed E-state index contributed by atoms with van der Waals surface area (Å²) < 4.78 is 0. The topological polar surface area (TPSA) is 0 Å². The molecule has 1 aliphatic carbocycles. The summed E-state index contributed by atoms with van der Waals surface area (Å²) in [5.74, 6) is 0. The molecule has 0 radical (unpaired) electrons. The fourth-order valence-electron chi connectivity index (χ4n) is 1.19. The Balaban J connectivity index is 0.000000461. The molecule has 0 nitrogen and oxygen atoms in total. The predicted molar refractivity (Wildman–Crippen MR) is 52.7 cm³/mol. The lowest BCUT2D eigenvalue weighted by Crippen LogP contribution is -1.95. The molecule has 0 aliphatic heterocycles. The van der Waals surface area contributed by atoms with E-state index in [1.807, 2.05) is 13.8 Å². The molecule has 0 bridgehead atoms. The quantitative estimate of drug-likeness (QED) is 0.459. The number of hydrogen-bond donors (Lipinski definition) is 0. The molecule has 0 aromatic heterocycles. The van der Waals surface area contributed by atoms with Gasteiger partial charge in [-0.15, -0.1) is 0 Å². The van der Waals surface area contributed by atoms with Crippen molar-refractivity contribution in [1.29, 1.82) is 0 Å². The van der Waals surface area contributed by atoms with Crippen molar-refractivity contribution in [1.82, 2.24) is 0 Å². The molecule has 64 valence electrons. The molecule has 0 aromatic rings. The second-order valence-corrected chi connectivity index (χ2v) is 2.99. The van der Waals surface area contributed by atoms with E-state index in [4.69, 9.17) is 0 Å². The Bertz CT molecular complexity index is 161. The predicted octanol–water partition coefficient (Wildman–Crippen LogP) is 4.09. The van der Waals surface area contributed by atoms with E-state index in [1.165, 1.54) is 24.0 Å². The van der Waals surface area contributed by atoms with Crippen LogP contribution in [0.2, 0.25) is 0 Å². The molecule has 0 fully saturated rings. The summed E-state index contributed by atoms with van der Waals surface area (Å²) in [5.41, 5.74) is 4.51. The maximum atomic E-state index is 3.96. The van der Waals surface area contributed by atoms with Crippen LogP contribution >= 0.6 is 0 Å². The summed E-state index contributed by atoms with van der Waals surface area (Å²) in [4.78, 5) is 0. The van der Waals surface area contributed by atoms with Crippen molar-refractivity contribution < 1.29 is 0 Å². The first kappa shape index (κ1) is 10.5. The van der Waals surface area contributed by atoms with Gasteiger partial charge in [-0.25, -0.2) is 0 Å². The van der Waals surface area contributed by atoms with Gasteiger partial charge in [0.05, 0.1) is 0 Å². The molecule has 11 heavy (non-hydrogen) atoms. The zero-order chi connectivity index (χ0) is 8.85. The SMILES string of the molecule is C=C1CCC(C)=C(C)C1.CC. The van der Waals surface area contributed by atoms with Crippen LogP contribution in [0.4, 0.5) is 0 Å². The molecule has 0 spiro atoms. The molecule has 0 amide bonds. The standard InChI is InChI=1S/C9H14.C2H6/c1-7-4-5-8(2)9(3)6-7;1-2/h1,4-6H2,2-3H3;1-2H3. The molecule has 0 atom stereocenters. The Morgan fingerprint density at radius 3 is 1.91 bits per heavy atom. The lowest BCUT2D eigenvalue weighted by atomic mass is 9.91. The molecule has 0 saturated carbocycles. The highest BCUT2D eigenvalue weighted by Gasteiger charge is 2.06. The minimum Gasteiger partial charge on any atom is -0.0995 e. The van der Waals surface area contributed by atoms with E-state index < -0.39 is 0 Å². The van der Waals surface area contributed by atoms with Crippen molar-refractivity contribution in [2.24, 2.45) is 0 Å². The summed E-state index contributed by atoms with van der Waals surface area (Å²) in [5, 5.41) is 0. The van der Waals surface area contributed by atoms with Crippen LogP contribution in [0.1, 0.15) is 47.0 Å². The summed E-state index contributed by atoms with van der Waals surface area (Å²) in [6.07, 6.45) is 3.60. The Kier molecular flexibility index (Phi) is 4.93. The van der Waals surface area contributed by atoms with Crippen LogP contribution in [0.15, 0.2) is 23.3 Å². The van der Waals surface area contributed by atoms with Crippen LogP contribution in [0.5, 0.6) is 0 Å². The molecule has 0 unspecified atom stereocenters. The minimum absolute atomic E-state index is 1.14. The third-order valence-corrected chi connectivity index (χ3v) is 2.10. The first-order chi connectivity index (χ1) is 5.20. The van der Waals surface area contributed by atoms with Crippen LogP contribution in [-0.4, -0.2) is 0 Å². The van der Waals surface area contributed by atoms with Gasteiger partial charge in [0.25, 0.3) is 0 Å². The van der Waals surface area contributed by atoms with E-state index in [1.54, 1.807) is 5.57 Å². The molecule has 0 heteroatoms. The van der Waals surface area contributed by atoms with Crippen LogP contribution in [0.3, 0.4) is 0 Å². The van der Waals surface area contributed by atoms with Gasteiger partial charge in [-0.2, -0.15) is 0 Å². The van der Waals surface area contributed by atoms with Crippen molar-refractivity contribution in [3.63, 3.8) is 0 Å². The molecular formula is C11H20. The van der Waals surface area contributed by atoms with Gasteiger partial charge in [-0.3, -0.25) is 0 Å². The molecule has 0 N–H and O–H groups in total. The Morgan fingerprint density at radius 2 is 1.55 bits per heavy atom. The van der Waals surface area contributed by atoms with Crippen molar-refractivity contribution >= 4 is 0 Å². The molecule has 0 heterocycles. The number of allylic oxidation sites excluding steroid dienone is 3. The monoisotopic (exact) mass is 152 g/mol. The summed E-state index contributed by atoms with van der Waals surface area (Å²) in [6, 6.07) is 0. The van der Waals surface area contributed by atoms with Gasteiger partial charge in [-0.05, 0) is 33.1 Å². The van der Waals surface area contributed by atoms with Crippen LogP contribution in [0, 0.1) is 0 Å². The average Bonchev–Trinajstić information content (AvgIpc) is 2.02. The second kappa shape index (κ2) is 5.17. The van der Waals surface area contributed by atoms with E-state index >= 15 is 0 Å². The van der Waals surface area contributed by atoms with E-state index in [0.717, 1.165) is 6.42 Å². The molecule has 1 rings (SSSR count). The first-order valence-electron chi connectivity index (χ1n) is 4.52. The molecule has 1 aliphatic rings. The molecule has 0 aromatic carbocycles. The molecule has 0 saturated heterocycles. The zero-order valence-electron chi connectivity index (χ0n) is 8.33. The third kappa shape index (κ3) is 3.41. The van der Waals surface area contributed by atoms with Gasteiger partial charge < -0.3 is 0 Å². The minimum atomic E-state index is 1.14. The zero-order valence-corrected chi connectivity index (χ0v) is 8.33. The second-order valence-electron chi connectivity index (χ2n) is 2.99. The first-order valence-corrected chi connectivity index (χ1v) is 4.52. The Labute approximate surface area is 71.0 Å². The van der Waals surface area contributed by atoms with Gasteiger partial charge in [0.1, 0.15) is 0 Å². The highest BCUT2D eigenvalue weighted by atomic mass is 14.1. The lowest BCUT2D eigenvalue weighted by Gasteiger charge is -2.15. The van der Waals surface area contributed by atoms with E-state index in [2.05, 4.69) is 20.4 Å². The summed E-state index contributed by atoms with van der Waals surface area (Å²) in [7, 11) is 0. The number of rotatable bonds is 0. The van der Waals surface area contributed by atoms with E-state index in [-0.39, 0.29) is 0 Å². The Hall–Kier alpha value is -0.520. The summed E-state index contributed by atoms with van der Waals surface area (Å²) in [6.45, 7) is 12.4. The van der Waals surface area contributed by atoms with Crippen LogP contribution in [-0.2, 0) is 0 Å². The lowest BCUT2D eigenvalue weighted by molar-refractivity contribution is 0.816. The Morgan fingerprint density at radius 1 is 1.00 bits per heavy atom. The largest absolute Gasteiger partial charge is 0.0995 e. The summed E-state index contributed by atoms with van der Waals surface area (Å²) >= 11 is 0. The smallest absolute Gasteiger partial charge is 0.0111 e. The van der Waals surface area contributed by atoms with Crippen LogP contribution in [0.25, 0.3) is 0 Å². The van der Waals surface area contributed by atoms with E-state index in [9.17, 15) is 0 Å². The highest BCUT2D eigenvalue weighted by Crippen LogP contribution is 2.26. The van der Waals surface area contributed by atoms with Gasteiger partial charge in [0.2, 0.25) is 0 Å². The number of hydrogen-bond acceptors (Lipinski definition) is 0. The van der Waals surface area contributed by atoms with Gasteiger partial charge >= 0.3 is 0 Å². The highest BCUT2D eigenvalue weighted by molar-refractivity contribution is 5.22. The molecular weight excluding hydrogens is 132 g/mol. The van der Waals surface area contributed by atoms with Gasteiger partial charge in [0, 0.05) is 0 Å². The van der Waals surface area contributed by atoms with Crippen molar-refractivity contribution in [3.05, 3.63) is 23.3 Å². The third-order valence-electron chi connectivity index (χ3n) is 2.10. The normalized spacial score (nSPS) is 17.6. The van der Waals surface area contributed by atoms with Crippen molar-refractivity contribution in [2.75, 3.05) is 0 Å².